The molecule has 0 spiro atoms. The van der Waals surface area contributed by atoms with Crippen molar-refractivity contribution in [3.8, 4) is 0 Å². The number of hydrogen-bond donors (Lipinski definition) is 2. The van der Waals surface area contributed by atoms with Crippen LogP contribution in [0.2, 0.25) is 0 Å². The maximum atomic E-state index is 3.34. The van der Waals surface area contributed by atoms with Gasteiger partial charge in [-0.25, -0.2) is 0 Å². The molecule has 0 aromatic carbocycles. The van der Waals surface area contributed by atoms with Crippen molar-refractivity contribution in [3.63, 3.8) is 0 Å². The van der Waals surface area contributed by atoms with Crippen LogP contribution in [0.15, 0.2) is 6.20 Å². The maximum absolute atomic E-state index is 3.34. The zero-order valence-corrected chi connectivity index (χ0v) is 9.21. The molecule has 15 heavy (non-hydrogen) atoms. The number of piperidine rings is 1. The second-order valence-corrected chi connectivity index (χ2v) is 4.99. The van der Waals surface area contributed by atoms with Crippen LogP contribution in [0, 0.1) is 12.1 Å². The minimum Gasteiger partial charge on any atom is -0.357 e. The van der Waals surface area contributed by atoms with Crippen molar-refractivity contribution in [3.05, 3.63) is 12.4 Å². The van der Waals surface area contributed by atoms with Gasteiger partial charge in [-0.05, 0) is 31.6 Å². The third-order valence-electron chi connectivity index (χ3n) is 4.15. The Labute approximate surface area is 91.9 Å². The SMILES string of the molecule is [C]1=CNC(N2CCCC3CCCCC32)N1. The Kier molecular flexibility index (Phi) is 2.57. The molecule has 3 unspecified atom stereocenters. The quantitative estimate of drug-likeness (QED) is 0.679. The van der Waals surface area contributed by atoms with E-state index in [1.165, 1.54) is 45.1 Å². The first-order chi connectivity index (χ1) is 7.45. The molecule has 2 aliphatic heterocycles. The van der Waals surface area contributed by atoms with Crippen molar-refractivity contribution >= 4 is 0 Å². The van der Waals surface area contributed by atoms with Gasteiger partial charge < -0.3 is 10.6 Å². The zero-order valence-electron chi connectivity index (χ0n) is 9.21. The van der Waals surface area contributed by atoms with E-state index in [0.717, 1.165) is 12.0 Å². The second-order valence-electron chi connectivity index (χ2n) is 4.99. The lowest BCUT2D eigenvalue weighted by Crippen LogP contribution is -2.58. The van der Waals surface area contributed by atoms with E-state index in [1.807, 2.05) is 6.20 Å². The van der Waals surface area contributed by atoms with Crippen molar-refractivity contribution in [2.45, 2.75) is 50.9 Å². The Bertz CT molecular complexity index is 241. The summed E-state index contributed by atoms with van der Waals surface area (Å²) in [5.41, 5.74) is 0. The van der Waals surface area contributed by atoms with E-state index in [4.69, 9.17) is 0 Å². The Morgan fingerprint density at radius 3 is 2.87 bits per heavy atom. The van der Waals surface area contributed by atoms with Crippen LogP contribution >= 0.6 is 0 Å². The summed E-state index contributed by atoms with van der Waals surface area (Å²) in [6.45, 7) is 1.24. The standard InChI is InChI=1S/C12H20N3/c1-2-6-11-10(4-1)5-3-9-15(11)12-13-7-8-14-12/h7,10-14H,1-6,9H2. The van der Waals surface area contributed by atoms with E-state index in [1.54, 1.807) is 0 Å². The topological polar surface area (TPSA) is 27.3 Å². The third-order valence-corrected chi connectivity index (χ3v) is 4.15. The Morgan fingerprint density at radius 1 is 1.13 bits per heavy atom. The smallest absolute Gasteiger partial charge is 0.155 e. The van der Waals surface area contributed by atoms with Crippen molar-refractivity contribution < 1.29 is 0 Å². The van der Waals surface area contributed by atoms with Gasteiger partial charge >= 0.3 is 0 Å². The fourth-order valence-electron chi connectivity index (χ4n) is 3.45. The van der Waals surface area contributed by atoms with Gasteiger partial charge in [0.2, 0.25) is 0 Å². The van der Waals surface area contributed by atoms with Gasteiger partial charge in [0, 0.05) is 18.8 Å². The molecule has 83 valence electrons. The molecule has 0 aromatic rings. The van der Waals surface area contributed by atoms with Crippen molar-refractivity contribution in [1.82, 2.24) is 15.5 Å². The van der Waals surface area contributed by atoms with E-state index in [9.17, 15) is 0 Å². The highest BCUT2D eigenvalue weighted by molar-refractivity contribution is 4.93. The molecule has 3 atom stereocenters. The van der Waals surface area contributed by atoms with Crippen molar-refractivity contribution in [2.75, 3.05) is 6.54 Å². The number of nitrogens with zero attached hydrogens (tertiary/aromatic N) is 1. The molecule has 2 fully saturated rings. The number of fused-ring (bicyclic) bond motifs is 1. The molecule has 0 aromatic heterocycles. The lowest BCUT2D eigenvalue weighted by molar-refractivity contribution is 0.0141. The average Bonchev–Trinajstić information content (AvgIpc) is 2.82. The van der Waals surface area contributed by atoms with Crippen LogP contribution < -0.4 is 10.6 Å². The fourth-order valence-corrected chi connectivity index (χ4v) is 3.45. The van der Waals surface area contributed by atoms with Crippen LogP contribution in [-0.2, 0) is 0 Å². The molecule has 3 nitrogen and oxygen atoms in total. The molecular formula is C12H20N3. The van der Waals surface area contributed by atoms with Gasteiger partial charge in [0.05, 0.1) is 6.20 Å². The lowest BCUT2D eigenvalue weighted by atomic mass is 9.78. The first-order valence-corrected chi connectivity index (χ1v) is 6.30. The minimum absolute atomic E-state index is 0.316. The molecular weight excluding hydrogens is 186 g/mol. The van der Waals surface area contributed by atoms with Gasteiger partial charge in [0.1, 0.15) is 0 Å². The van der Waals surface area contributed by atoms with E-state index < -0.39 is 0 Å². The highest BCUT2D eigenvalue weighted by Gasteiger charge is 2.36. The predicted molar refractivity (Wildman–Crippen MR) is 59.6 cm³/mol. The largest absolute Gasteiger partial charge is 0.357 e. The van der Waals surface area contributed by atoms with Gasteiger partial charge in [-0.15, -0.1) is 0 Å². The second kappa shape index (κ2) is 4.05. The number of likely N-dealkylation sites (tertiary alicyclic amines) is 1. The van der Waals surface area contributed by atoms with Crippen molar-refractivity contribution in [2.24, 2.45) is 5.92 Å². The molecule has 3 aliphatic rings. The van der Waals surface area contributed by atoms with E-state index in [0.29, 0.717) is 6.29 Å². The summed E-state index contributed by atoms with van der Waals surface area (Å²) in [6.07, 6.45) is 13.8. The summed E-state index contributed by atoms with van der Waals surface area (Å²) in [7, 11) is 0. The van der Waals surface area contributed by atoms with Crippen LogP contribution in [0.5, 0.6) is 0 Å². The lowest BCUT2D eigenvalue weighted by Gasteiger charge is -2.46. The van der Waals surface area contributed by atoms with Crippen LogP contribution in [0.4, 0.5) is 0 Å². The zero-order chi connectivity index (χ0) is 10.1. The predicted octanol–water partition coefficient (Wildman–Crippen LogP) is 1.39. The minimum atomic E-state index is 0.316. The van der Waals surface area contributed by atoms with Crippen molar-refractivity contribution in [1.29, 1.82) is 0 Å². The van der Waals surface area contributed by atoms with Crippen LogP contribution in [0.3, 0.4) is 0 Å². The average molecular weight is 206 g/mol. The van der Waals surface area contributed by atoms with Gasteiger partial charge in [0.25, 0.3) is 0 Å². The third kappa shape index (κ3) is 1.73. The molecule has 1 saturated heterocycles. The van der Waals surface area contributed by atoms with Gasteiger partial charge in [-0.3, -0.25) is 4.90 Å². The highest BCUT2D eigenvalue weighted by atomic mass is 15.4. The summed E-state index contributed by atoms with van der Waals surface area (Å²) < 4.78 is 0. The van der Waals surface area contributed by atoms with Gasteiger partial charge in [-0.1, -0.05) is 12.8 Å². The van der Waals surface area contributed by atoms with Crippen LogP contribution in [0.25, 0.3) is 0 Å². The summed E-state index contributed by atoms with van der Waals surface area (Å²) >= 11 is 0. The molecule has 1 aliphatic carbocycles. The fraction of sp³-hybridized carbons (Fsp3) is 0.833. The Morgan fingerprint density at radius 2 is 2.00 bits per heavy atom. The molecule has 1 radical (unpaired) electrons. The number of hydrogen-bond acceptors (Lipinski definition) is 3. The van der Waals surface area contributed by atoms with E-state index in [-0.39, 0.29) is 0 Å². The number of rotatable bonds is 1. The van der Waals surface area contributed by atoms with Gasteiger partial charge in [0.15, 0.2) is 6.29 Å². The normalized spacial score (nSPS) is 37.1. The summed E-state index contributed by atoms with van der Waals surface area (Å²) in [6, 6.07) is 0.811. The summed E-state index contributed by atoms with van der Waals surface area (Å²) in [5.74, 6) is 0.955. The highest BCUT2D eigenvalue weighted by Crippen LogP contribution is 2.35. The summed E-state index contributed by atoms with van der Waals surface area (Å²) in [5, 5.41) is 6.61. The Balaban J connectivity index is 1.70. The molecule has 2 N–H and O–H groups in total. The molecule has 3 rings (SSSR count). The van der Waals surface area contributed by atoms with Crippen LogP contribution in [0.1, 0.15) is 38.5 Å². The van der Waals surface area contributed by atoms with E-state index in [2.05, 4.69) is 21.7 Å². The monoisotopic (exact) mass is 206 g/mol. The number of nitrogens with one attached hydrogen (secondary N) is 2. The van der Waals surface area contributed by atoms with E-state index >= 15 is 0 Å². The van der Waals surface area contributed by atoms with Crippen LogP contribution in [-0.4, -0.2) is 23.8 Å². The first-order valence-electron chi connectivity index (χ1n) is 6.30. The molecule has 1 saturated carbocycles. The summed E-state index contributed by atoms with van der Waals surface area (Å²) in [4.78, 5) is 2.61. The molecule has 3 heteroatoms. The molecule has 2 heterocycles. The first kappa shape index (κ1) is 9.52. The maximum Gasteiger partial charge on any atom is 0.155 e. The Hall–Kier alpha value is -0.700. The molecule has 0 bridgehead atoms. The molecule has 0 amide bonds. The van der Waals surface area contributed by atoms with Gasteiger partial charge in [-0.2, -0.15) is 0 Å².